The van der Waals surface area contributed by atoms with Gasteiger partial charge in [0.05, 0.1) is 13.2 Å². The Hall–Kier alpha value is -1.03. The molecule has 104 valence electrons. The van der Waals surface area contributed by atoms with E-state index in [0.29, 0.717) is 19.1 Å². The molecule has 4 aliphatic rings. The first kappa shape index (κ1) is 13.0. The maximum absolute atomic E-state index is 12.1. The Kier molecular flexibility index (Phi) is 2.89. The van der Waals surface area contributed by atoms with Gasteiger partial charge in [-0.3, -0.25) is 4.79 Å². The molecule has 1 spiro atoms. The Balaban J connectivity index is 1.93. The molecule has 3 saturated carbocycles. The molecule has 4 rings (SSSR count). The van der Waals surface area contributed by atoms with E-state index in [0.717, 1.165) is 25.5 Å². The highest BCUT2D eigenvalue weighted by molar-refractivity contribution is 6.26. The van der Waals surface area contributed by atoms with Crippen LogP contribution in [0.4, 0.5) is 0 Å². The second-order valence-corrected chi connectivity index (χ2v) is 6.52. The normalized spacial score (nSPS) is 43.2. The van der Waals surface area contributed by atoms with Gasteiger partial charge in [0.15, 0.2) is 5.79 Å². The Bertz CT molecular complexity index is 452. The maximum atomic E-state index is 12.1. The lowest BCUT2D eigenvalue weighted by Crippen LogP contribution is -2.61. The molecular formula is C14H20N2O3. The quantitative estimate of drug-likeness (QED) is 0.432. The highest BCUT2D eigenvalue weighted by atomic mass is 16.7. The molecular weight excluding hydrogens is 244 g/mol. The Morgan fingerprint density at radius 1 is 1.32 bits per heavy atom. The first-order chi connectivity index (χ1) is 9.01. The smallest absolute Gasteiger partial charge is 0.323 e. The second-order valence-electron chi connectivity index (χ2n) is 6.52. The zero-order chi connectivity index (χ0) is 13.7. The third-order valence-corrected chi connectivity index (χ3v) is 5.42. The minimum Gasteiger partial charge on any atom is -0.361 e. The molecule has 4 atom stereocenters. The fourth-order valence-electron chi connectivity index (χ4n) is 4.58. The van der Waals surface area contributed by atoms with Gasteiger partial charge in [-0.25, -0.2) is 0 Å². The van der Waals surface area contributed by atoms with Crippen LogP contribution in [0.5, 0.6) is 0 Å². The molecule has 3 aliphatic carbocycles. The van der Waals surface area contributed by atoms with Crippen molar-refractivity contribution in [1.29, 1.82) is 0 Å². The number of rotatable bonds is 2. The Labute approximate surface area is 112 Å². The van der Waals surface area contributed by atoms with Crippen molar-refractivity contribution in [2.24, 2.45) is 23.2 Å². The molecule has 4 fully saturated rings. The van der Waals surface area contributed by atoms with E-state index in [9.17, 15) is 4.79 Å². The van der Waals surface area contributed by atoms with Gasteiger partial charge in [-0.2, -0.15) is 4.79 Å². The van der Waals surface area contributed by atoms with Crippen LogP contribution in [0.3, 0.4) is 0 Å². The largest absolute Gasteiger partial charge is 0.361 e. The molecule has 0 amide bonds. The first-order valence-corrected chi connectivity index (χ1v) is 7.00. The van der Waals surface area contributed by atoms with Gasteiger partial charge in [-0.05, 0) is 24.7 Å². The number of hydrogen-bond donors (Lipinski definition) is 0. The van der Waals surface area contributed by atoms with Gasteiger partial charge in [0, 0.05) is 17.8 Å². The van der Waals surface area contributed by atoms with Crippen LogP contribution in [0.15, 0.2) is 0 Å². The molecule has 1 heterocycles. The van der Waals surface area contributed by atoms with Crippen LogP contribution in [-0.2, 0) is 14.3 Å². The van der Waals surface area contributed by atoms with Crippen molar-refractivity contribution < 1.29 is 19.1 Å². The molecule has 2 bridgehead atoms. The number of ketones is 1. The van der Waals surface area contributed by atoms with Crippen molar-refractivity contribution in [1.82, 2.24) is 0 Å². The van der Waals surface area contributed by atoms with Crippen LogP contribution in [0.25, 0.3) is 5.53 Å². The van der Waals surface area contributed by atoms with Crippen molar-refractivity contribution in [2.75, 3.05) is 13.2 Å². The molecule has 0 radical (unpaired) electrons. The summed E-state index contributed by atoms with van der Waals surface area (Å²) in [5, 5.41) is 0. The number of fused-ring (bicyclic) bond motifs is 2. The average Bonchev–Trinajstić information content (AvgIpc) is 2.81. The second kappa shape index (κ2) is 4.23. The van der Waals surface area contributed by atoms with Crippen LogP contribution >= 0.6 is 0 Å². The topological polar surface area (TPSA) is 71.9 Å². The van der Waals surface area contributed by atoms with E-state index >= 15 is 0 Å². The van der Waals surface area contributed by atoms with Gasteiger partial charge in [0.25, 0.3) is 0 Å². The lowest BCUT2D eigenvalue weighted by atomic mass is 9.50. The summed E-state index contributed by atoms with van der Waals surface area (Å²) < 4.78 is 11.9. The van der Waals surface area contributed by atoms with E-state index in [-0.39, 0.29) is 23.0 Å². The summed E-state index contributed by atoms with van der Waals surface area (Å²) in [5.41, 5.74) is 8.45. The number of carbonyl (C=O) groups excluding carboxylic acids is 1. The molecule has 5 heteroatoms. The van der Waals surface area contributed by atoms with Crippen LogP contribution in [0.1, 0.15) is 33.1 Å². The molecule has 5 nitrogen and oxygen atoms in total. The van der Waals surface area contributed by atoms with Crippen LogP contribution < -0.4 is 0 Å². The zero-order valence-corrected chi connectivity index (χ0v) is 11.5. The maximum Gasteiger partial charge on any atom is 0.323 e. The lowest BCUT2D eigenvalue weighted by Gasteiger charge is -2.59. The molecule has 0 aromatic heterocycles. The number of Topliss-reactive ketones (excluding diaryl/α,β-unsaturated/α-hetero) is 1. The number of ether oxygens (including phenoxy) is 2. The molecule has 0 N–H and O–H groups in total. The fraction of sp³-hybridized carbons (Fsp3) is 0.857. The van der Waals surface area contributed by atoms with Gasteiger partial charge < -0.3 is 15.0 Å². The number of carbonyl (C=O) groups is 1. The van der Waals surface area contributed by atoms with Crippen molar-refractivity contribution in [3.05, 3.63) is 5.53 Å². The van der Waals surface area contributed by atoms with Crippen molar-refractivity contribution >= 4 is 12.0 Å². The van der Waals surface area contributed by atoms with Gasteiger partial charge in [-0.15, -0.1) is 0 Å². The summed E-state index contributed by atoms with van der Waals surface area (Å²) in [5.74, 6) is 0.0990. The summed E-state index contributed by atoms with van der Waals surface area (Å²) in [6.45, 7) is 5.65. The molecule has 1 saturated heterocycles. The summed E-state index contributed by atoms with van der Waals surface area (Å²) in [6.07, 6.45) is 3.61. The average molecular weight is 264 g/mol. The predicted octanol–water partition coefficient (Wildman–Crippen LogP) is 1.67. The lowest BCUT2D eigenvalue weighted by molar-refractivity contribution is -0.296. The summed E-state index contributed by atoms with van der Waals surface area (Å²) in [6, 6.07) is 0. The highest BCUT2D eigenvalue weighted by Crippen LogP contribution is 2.62. The fourth-order valence-corrected chi connectivity index (χ4v) is 4.58. The van der Waals surface area contributed by atoms with Gasteiger partial charge in [0.2, 0.25) is 5.78 Å². The minimum atomic E-state index is -0.489. The molecule has 0 unspecified atom stereocenters. The van der Waals surface area contributed by atoms with Gasteiger partial charge in [0.1, 0.15) is 0 Å². The van der Waals surface area contributed by atoms with E-state index < -0.39 is 5.79 Å². The van der Waals surface area contributed by atoms with Crippen molar-refractivity contribution in [2.45, 2.75) is 38.9 Å². The van der Waals surface area contributed by atoms with Gasteiger partial charge >= 0.3 is 6.21 Å². The minimum absolute atomic E-state index is 0.0666. The van der Waals surface area contributed by atoms with E-state index in [1.54, 1.807) is 0 Å². The van der Waals surface area contributed by atoms with Crippen molar-refractivity contribution in [3.8, 4) is 0 Å². The van der Waals surface area contributed by atoms with Crippen molar-refractivity contribution in [3.63, 3.8) is 0 Å². The van der Waals surface area contributed by atoms with E-state index in [1.165, 1.54) is 0 Å². The van der Waals surface area contributed by atoms with Gasteiger partial charge in [-0.1, -0.05) is 13.8 Å². The van der Waals surface area contributed by atoms with Crippen LogP contribution in [0.2, 0.25) is 0 Å². The molecule has 0 aromatic rings. The van der Waals surface area contributed by atoms with Crippen LogP contribution in [-0.4, -0.2) is 35.8 Å². The number of hydrogen-bond acceptors (Lipinski definition) is 3. The summed E-state index contributed by atoms with van der Waals surface area (Å²) >= 11 is 0. The van der Waals surface area contributed by atoms with E-state index in [2.05, 4.69) is 18.6 Å². The number of nitrogens with zero attached hydrogens (tertiary/aromatic N) is 2. The first-order valence-electron chi connectivity index (χ1n) is 7.00. The zero-order valence-electron chi connectivity index (χ0n) is 11.5. The molecule has 19 heavy (non-hydrogen) atoms. The molecule has 0 aromatic carbocycles. The monoisotopic (exact) mass is 264 g/mol. The standard InChI is InChI=1S/C14H20N2O3/c1-9-5-13(2)6-11(12(17)8-16-15)10(9)7-14(13)18-3-4-19-14/h8-11H,3-7H2,1-2H3/t9-,10-,11-,13+/m1/s1. The SMILES string of the molecule is C[C@@H]1C[C@@]2(C)C[C@@H](C(=O)C=[N+]=[N-])[C@@H]1CC21OCCO1. The van der Waals surface area contributed by atoms with E-state index in [4.69, 9.17) is 15.0 Å². The highest BCUT2D eigenvalue weighted by Gasteiger charge is 2.64. The Morgan fingerprint density at radius 3 is 2.58 bits per heavy atom. The summed E-state index contributed by atoms with van der Waals surface area (Å²) in [4.78, 5) is 15.0. The van der Waals surface area contributed by atoms with E-state index in [1.807, 2.05) is 0 Å². The third kappa shape index (κ3) is 1.72. The Morgan fingerprint density at radius 2 is 2.00 bits per heavy atom. The third-order valence-electron chi connectivity index (χ3n) is 5.42. The van der Waals surface area contributed by atoms with Crippen LogP contribution in [0, 0.1) is 23.2 Å². The predicted molar refractivity (Wildman–Crippen MR) is 67.4 cm³/mol. The summed E-state index contributed by atoms with van der Waals surface area (Å²) in [7, 11) is 0. The molecule has 1 aliphatic heterocycles.